The Morgan fingerprint density at radius 1 is 1.38 bits per heavy atom. The van der Waals surface area contributed by atoms with Crippen molar-refractivity contribution in [1.82, 2.24) is 0 Å². The van der Waals surface area contributed by atoms with Crippen molar-refractivity contribution < 1.29 is 0 Å². The average molecular weight is 178 g/mol. The molecule has 0 fully saturated rings. The summed E-state index contributed by atoms with van der Waals surface area (Å²) in [6.45, 7) is 9.86. The van der Waals surface area contributed by atoms with Crippen LogP contribution in [0.4, 0.5) is 0 Å². The molecule has 0 aliphatic heterocycles. The highest BCUT2D eigenvalue weighted by Gasteiger charge is 1.95. The van der Waals surface area contributed by atoms with E-state index in [-0.39, 0.29) is 0 Å². The van der Waals surface area contributed by atoms with Crippen LogP contribution >= 0.6 is 0 Å². The van der Waals surface area contributed by atoms with E-state index >= 15 is 0 Å². The van der Waals surface area contributed by atoms with Crippen molar-refractivity contribution in [3.05, 3.63) is 35.6 Å². The number of nitrogens with one attached hydrogen (secondary N) is 1. The van der Waals surface area contributed by atoms with Crippen LogP contribution in [0.15, 0.2) is 35.6 Å². The fourth-order valence-corrected chi connectivity index (χ4v) is 0.604. The standard InChI is InChI=1S/C11H18N2/c1-8(2)9(3)5-6-11(13)10(4)7-12/h5-8,12H,3,13H2,1-2,4H3/b6-5-,11-10?,12-7?. The van der Waals surface area contributed by atoms with Gasteiger partial charge in [-0.15, -0.1) is 0 Å². The Morgan fingerprint density at radius 3 is 2.31 bits per heavy atom. The highest BCUT2D eigenvalue weighted by molar-refractivity contribution is 5.76. The van der Waals surface area contributed by atoms with Gasteiger partial charge in [0.1, 0.15) is 0 Å². The van der Waals surface area contributed by atoms with E-state index < -0.39 is 0 Å². The lowest BCUT2D eigenvalue weighted by molar-refractivity contribution is 0.795. The molecule has 0 aliphatic carbocycles. The van der Waals surface area contributed by atoms with Gasteiger partial charge in [0, 0.05) is 11.9 Å². The van der Waals surface area contributed by atoms with Crippen molar-refractivity contribution in [2.45, 2.75) is 20.8 Å². The maximum Gasteiger partial charge on any atom is 0.0359 e. The fourth-order valence-electron chi connectivity index (χ4n) is 0.604. The Bertz CT molecular complexity index is 257. The highest BCUT2D eigenvalue weighted by Crippen LogP contribution is 2.09. The van der Waals surface area contributed by atoms with Crippen molar-refractivity contribution in [1.29, 1.82) is 5.41 Å². The predicted molar refractivity (Wildman–Crippen MR) is 58.8 cm³/mol. The molecule has 0 aromatic heterocycles. The highest BCUT2D eigenvalue weighted by atomic mass is 14.6. The van der Waals surface area contributed by atoms with Crippen LogP contribution in [0.2, 0.25) is 0 Å². The third-order valence-corrected chi connectivity index (χ3v) is 1.89. The van der Waals surface area contributed by atoms with Crippen LogP contribution in [-0.2, 0) is 0 Å². The zero-order chi connectivity index (χ0) is 10.4. The summed E-state index contributed by atoms with van der Waals surface area (Å²) in [7, 11) is 0. The Balaban J connectivity index is 4.45. The molecule has 0 atom stereocenters. The van der Waals surface area contributed by atoms with Crippen molar-refractivity contribution in [2.24, 2.45) is 11.7 Å². The molecule has 2 nitrogen and oxygen atoms in total. The smallest absolute Gasteiger partial charge is 0.0359 e. The average Bonchev–Trinajstić information content (AvgIpc) is 2.11. The molecular weight excluding hydrogens is 160 g/mol. The first-order valence-electron chi connectivity index (χ1n) is 4.32. The van der Waals surface area contributed by atoms with Crippen LogP contribution in [0.25, 0.3) is 0 Å². The lowest BCUT2D eigenvalue weighted by atomic mass is 10.0. The predicted octanol–water partition coefficient (Wildman–Crippen LogP) is 2.64. The lowest BCUT2D eigenvalue weighted by Gasteiger charge is -2.03. The number of rotatable bonds is 4. The molecule has 0 rings (SSSR count). The molecule has 0 unspecified atom stereocenters. The minimum Gasteiger partial charge on any atom is -0.398 e. The third-order valence-electron chi connectivity index (χ3n) is 1.89. The summed E-state index contributed by atoms with van der Waals surface area (Å²) in [6, 6.07) is 0. The van der Waals surface area contributed by atoms with Crippen molar-refractivity contribution in [3.63, 3.8) is 0 Å². The quantitative estimate of drug-likeness (QED) is 0.504. The first kappa shape index (κ1) is 11.7. The topological polar surface area (TPSA) is 49.9 Å². The van der Waals surface area contributed by atoms with Gasteiger partial charge in [0.05, 0.1) is 0 Å². The summed E-state index contributed by atoms with van der Waals surface area (Å²) in [4.78, 5) is 0. The van der Waals surface area contributed by atoms with E-state index in [9.17, 15) is 0 Å². The molecule has 0 bridgehead atoms. The largest absolute Gasteiger partial charge is 0.398 e. The molecule has 0 aromatic carbocycles. The van der Waals surface area contributed by atoms with Gasteiger partial charge in [0.2, 0.25) is 0 Å². The molecule has 2 heteroatoms. The van der Waals surface area contributed by atoms with Gasteiger partial charge in [-0.2, -0.15) is 0 Å². The van der Waals surface area contributed by atoms with Gasteiger partial charge in [-0.1, -0.05) is 32.1 Å². The Hall–Kier alpha value is -1.31. The summed E-state index contributed by atoms with van der Waals surface area (Å²) < 4.78 is 0. The molecule has 0 aliphatic rings. The zero-order valence-corrected chi connectivity index (χ0v) is 8.59. The number of allylic oxidation sites excluding steroid dienone is 4. The molecule has 13 heavy (non-hydrogen) atoms. The van der Waals surface area contributed by atoms with Crippen LogP contribution in [0, 0.1) is 11.3 Å². The molecule has 0 saturated carbocycles. The normalized spacial score (nSPS) is 13.2. The summed E-state index contributed by atoms with van der Waals surface area (Å²) in [6.07, 6.45) is 4.94. The number of nitrogens with two attached hydrogens (primary N) is 1. The van der Waals surface area contributed by atoms with Crippen LogP contribution in [0.5, 0.6) is 0 Å². The summed E-state index contributed by atoms with van der Waals surface area (Å²) in [5.74, 6) is 0.435. The molecule has 72 valence electrons. The second kappa shape index (κ2) is 5.36. The van der Waals surface area contributed by atoms with E-state index in [0.29, 0.717) is 11.6 Å². The molecule has 0 heterocycles. The molecule has 3 N–H and O–H groups in total. The van der Waals surface area contributed by atoms with Crippen molar-refractivity contribution >= 4 is 6.21 Å². The van der Waals surface area contributed by atoms with E-state index in [1.165, 1.54) is 6.21 Å². The third kappa shape index (κ3) is 4.31. The molecule has 0 saturated heterocycles. The number of hydrogen-bond acceptors (Lipinski definition) is 2. The second-order valence-corrected chi connectivity index (χ2v) is 3.35. The lowest BCUT2D eigenvalue weighted by Crippen LogP contribution is -1.98. The summed E-state index contributed by atoms with van der Waals surface area (Å²) in [5.41, 5.74) is 8.11. The molecule has 0 spiro atoms. The maximum atomic E-state index is 6.99. The van der Waals surface area contributed by atoms with Crippen LogP contribution < -0.4 is 5.73 Å². The monoisotopic (exact) mass is 178 g/mol. The van der Waals surface area contributed by atoms with Gasteiger partial charge >= 0.3 is 0 Å². The SMILES string of the molecule is C=C(/C=C\C(N)=C(C)C=N)C(C)C. The number of hydrogen-bond donors (Lipinski definition) is 2. The van der Waals surface area contributed by atoms with Gasteiger partial charge in [-0.05, 0) is 24.5 Å². The van der Waals surface area contributed by atoms with Gasteiger partial charge in [0.25, 0.3) is 0 Å². The van der Waals surface area contributed by atoms with E-state index in [4.69, 9.17) is 11.1 Å². The summed E-state index contributed by atoms with van der Waals surface area (Å²) in [5, 5.41) is 6.99. The van der Waals surface area contributed by atoms with E-state index in [0.717, 1.165) is 11.1 Å². The van der Waals surface area contributed by atoms with E-state index in [1.54, 1.807) is 6.08 Å². The van der Waals surface area contributed by atoms with Crippen LogP contribution in [0.1, 0.15) is 20.8 Å². The Labute approximate surface area is 80.3 Å². The molecule has 0 amide bonds. The van der Waals surface area contributed by atoms with Gasteiger partial charge in [-0.3, -0.25) is 0 Å². The fraction of sp³-hybridized carbons (Fsp3) is 0.364. The first-order valence-corrected chi connectivity index (χ1v) is 4.32. The molecule has 0 radical (unpaired) electrons. The van der Waals surface area contributed by atoms with Gasteiger partial charge < -0.3 is 11.1 Å². The minimum atomic E-state index is 0.435. The molecule has 0 aromatic rings. The van der Waals surface area contributed by atoms with Crippen molar-refractivity contribution in [2.75, 3.05) is 0 Å². The van der Waals surface area contributed by atoms with Crippen molar-refractivity contribution in [3.8, 4) is 0 Å². The zero-order valence-electron chi connectivity index (χ0n) is 8.59. The Morgan fingerprint density at radius 2 is 1.92 bits per heavy atom. The second-order valence-electron chi connectivity index (χ2n) is 3.35. The van der Waals surface area contributed by atoms with Gasteiger partial charge in [-0.25, -0.2) is 0 Å². The van der Waals surface area contributed by atoms with E-state index in [2.05, 4.69) is 20.4 Å². The first-order chi connectivity index (χ1) is 5.99. The minimum absolute atomic E-state index is 0.435. The van der Waals surface area contributed by atoms with E-state index in [1.807, 2.05) is 13.0 Å². The summed E-state index contributed by atoms with van der Waals surface area (Å²) >= 11 is 0. The van der Waals surface area contributed by atoms with Gasteiger partial charge in [0.15, 0.2) is 0 Å². The maximum absolute atomic E-state index is 6.99. The Kier molecular flexibility index (Phi) is 4.82. The van der Waals surface area contributed by atoms with Crippen LogP contribution in [0.3, 0.4) is 0 Å². The van der Waals surface area contributed by atoms with Crippen LogP contribution in [-0.4, -0.2) is 6.21 Å². The molecular formula is C11H18N2.